The number of ether oxygens (including phenoxy) is 2. The van der Waals surface area contributed by atoms with E-state index in [9.17, 15) is 9.59 Å². The molecule has 1 N–H and O–H groups in total. The maximum atomic E-state index is 12.8. The zero-order chi connectivity index (χ0) is 21.7. The van der Waals surface area contributed by atoms with Gasteiger partial charge >= 0.3 is 0 Å². The summed E-state index contributed by atoms with van der Waals surface area (Å²) in [6.07, 6.45) is 1.73. The number of rotatable bonds is 6. The summed E-state index contributed by atoms with van der Waals surface area (Å²) in [5, 5.41) is 3.05. The van der Waals surface area contributed by atoms with Gasteiger partial charge in [-0.2, -0.15) is 0 Å². The van der Waals surface area contributed by atoms with Crippen LogP contribution in [0.3, 0.4) is 0 Å². The molecule has 6 heteroatoms. The third kappa shape index (κ3) is 4.93. The van der Waals surface area contributed by atoms with Crippen LogP contribution >= 0.6 is 0 Å². The Morgan fingerprint density at radius 1 is 0.933 bits per heavy atom. The van der Waals surface area contributed by atoms with Crippen LogP contribution in [0.5, 0.6) is 11.5 Å². The van der Waals surface area contributed by atoms with Crippen LogP contribution < -0.4 is 14.8 Å². The lowest BCUT2D eigenvalue weighted by atomic mass is 9.96. The molecular weight excluding hydrogens is 380 g/mol. The van der Waals surface area contributed by atoms with Gasteiger partial charge in [0.1, 0.15) is 0 Å². The Balaban J connectivity index is 1.51. The second-order valence-corrected chi connectivity index (χ2v) is 7.81. The molecule has 1 aliphatic rings. The lowest BCUT2D eigenvalue weighted by Crippen LogP contribution is -2.41. The average Bonchev–Trinajstić information content (AvgIpc) is 2.78. The molecule has 0 saturated carbocycles. The molecule has 3 rings (SSSR count). The van der Waals surface area contributed by atoms with E-state index in [4.69, 9.17) is 9.47 Å². The fourth-order valence-electron chi connectivity index (χ4n) is 3.71. The number of hydrogen-bond acceptors (Lipinski definition) is 4. The number of methoxy groups -OCH3 is 2. The molecule has 1 fully saturated rings. The Bertz CT molecular complexity index is 917. The summed E-state index contributed by atoms with van der Waals surface area (Å²) in [5.41, 5.74) is 3.58. The van der Waals surface area contributed by atoms with Gasteiger partial charge in [-0.15, -0.1) is 0 Å². The maximum Gasteiger partial charge on any atom is 0.253 e. The van der Waals surface area contributed by atoms with Crippen molar-refractivity contribution in [1.82, 2.24) is 10.2 Å². The first-order valence-corrected chi connectivity index (χ1v) is 10.3. The van der Waals surface area contributed by atoms with E-state index in [0.717, 1.165) is 18.4 Å². The largest absolute Gasteiger partial charge is 0.493 e. The molecule has 0 bridgehead atoms. The van der Waals surface area contributed by atoms with Gasteiger partial charge in [-0.3, -0.25) is 9.59 Å². The molecule has 0 aliphatic carbocycles. The Morgan fingerprint density at radius 2 is 1.60 bits per heavy atom. The second kappa shape index (κ2) is 9.65. The number of aryl methyl sites for hydroxylation is 2. The predicted octanol–water partition coefficient (Wildman–Crippen LogP) is 3.60. The van der Waals surface area contributed by atoms with Crippen LogP contribution in [-0.4, -0.2) is 50.6 Å². The summed E-state index contributed by atoms with van der Waals surface area (Å²) in [4.78, 5) is 27.1. The van der Waals surface area contributed by atoms with Gasteiger partial charge < -0.3 is 19.7 Å². The van der Waals surface area contributed by atoms with Crippen molar-refractivity contribution < 1.29 is 19.1 Å². The zero-order valence-electron chi connectivity index (χ0n) is 18.2. The average molecular weight is 411 g/mol. The zero-order valence-corrected chi connectivity index (χ0v) is 18.2. The van der Waals surface area contributed by atoms with Gasteiger partial charge in [-0.25, -0.2) is 0 Å². The summed E-state index contributed by atoms with van der Waals surface area (Å²) >= 11 is 0. The van der Waals surface area contributed by atoms with Gasteiger partial charge in [-0.05, 0) is 74.1 Å². The van der Waals surface area contributed by atoms with Crippen molar-refractivity contribution in [3.05, 3.63) is 58.7 Å². The SMILES string of the molecule is COc1ccc(C(=O)N2CCC(CNC(=O)c3ccc(C)c(C)c3)CC2)cc1OC. The number of hydrogen-bond donors (Lipinski definition) is 1. The van der Waals surface area contributed by atoms with Crippen molar-refractivity contribution in [1.29, 1.82) is 0 Å². The second-order valence-electron chi connectivity index (χ2n) is 7.81. The molecule has 30 heavy (non-hydrogen) atoms. The van der Waals surface area contributed by atoms with Crippen LogP contribution in [-0.2, 0) is 0 Å². The molecular formula is C24H30N2O4. The van der Waals surface area contributed by atoms with E-state index < -0.39 is 0 Å². The van der Waals surface area contributed by atoms with Crippen molar-refractivity contribution in [3.8, 4) is 11.5 Å². The van der Waals surface area contributed by atoms with Crippen molar-refractivity contribution in [3.63, 3.8) is 0 Å². The molecule has 0 aromatic heterocycles. The normalized spacial score (nSPS) is 14.3. The van der Waals surface area contributed by atoms with E-state index in [0.29, 0.717) is 48.2 Å². The maximum absolute atomic E-state index is 12.8. The highest BCUT2D eigenvalue weighted by Crippen LogP contribution is 2.28. The first-order chi connectivity index (χ1) is 14.4. The van der Waals surface area contributed by atoms with Crippen molar-refractivity contribution in [2.24, 2.45) is 5.92 Å². The number of carbonyl (C=O) groups excluding carboxylic acids is 2. The van der Waals surface area contributed by atoms with E-state index in [2.05, 4.69) is 5.32 Å². The number of nitrogens with one attached hydrogen (secondary N) is 1. The molecule has 0 atom stereocenters. The van der Waals surface area contributed by atoms with Crippen molar-refractivity contribution >= 4 is 11.8 Å². The van der Waals surface area contributed by atoms with Crippen LogP contribution in [0.1, 0.15) is 44.7 Å². The Kier molecular flexibility index (Phi) is 6.98. The smallest absolute Gasteiger partial charge is 0.253 e. The van der Waals surface area contributed by atoms with E-state index in [1.165, 1.54) is 5.56 Å². The Morgan fingerprint density at radius 3 is 2.23 bits per heavy atom. The molecule has 1 saturated heterocycles. The molecule has 6 nitrogen and oxygen atoms in total. The van der Waals surface area contributed by atoms with Crippen LogP contribution in [0.25, 0.3) is 0 Å². The molecule has 0 unspecified atom stereocenters. The minimum Gasteiger partial charge on any atom is -0.493 e. The molecule has 1 aliphatic heterocycles. The number of amides is 2. The third-order valence-electron chi connectivity index (χ3n) is 5.85. The van der Waals surface area contributed by atoms with E-state index in [-0.39, 0.29) is 11.8 Å². The van der Waals surface area contributed by atoms with Gasteiger partial charge in [0.15, 0.2) is 11.5 Å². The van der Waals surface area contributed by atoms with Crippen LogP contribution in [0, 0.1) is 19.8 Å². The molecule has 160 valence electrons. The topological polar surface area (TPSA) is 67.9 Å². The van der Waals surface area contributed by atoms with E-state index >= 15 is 0 Å². The lowest BCUT2D eigenvalue weighted by molar-refractivity contribution is 0.0684. The van der Waals surface area contributed by atoms with Crippen LogP contribution in [0.15, 0.2) is 36.4 Å². The van der Waals surface area contributed by atoms with Crippen LogP contribution in [0.4, 0.5) is 0 Å². The molecule has 2 amide bonds. The summed E-state index contributed by atoms with van der Waals surface area (Å²) < 4.78 is 10.5. The van der Waals surface area contributed by atoms with E-state index in [1.807, 2.05) is 36.9 Å². The van der Waals surface area contributed by atoms with E-state index in [1.54, 1.807) is 32.4 Å². The van der Waals surface area contributed by atoms with Gasteiger partial charge in [0.2, 0.25) is 0 Å². The van der Waals surface area contributed by atoms with Crippen LogP contribution in [0.2, 0.25) is 0 Å². The van der Waals surface area contributed by atoms with Gasteiger partial charge in [0.25, 0.3) is 11.8 Å². The number of likely N-dealkylation sites (tertiary alicyclic amines) is 1. The highest BCUT2D eigenvalue weighted by Gasteiger charge is 2.24. The molecule has 0 spiro atoms. The van der Waals surface area contributed by atoms with Crippen molar-refractivity contribution in [2.45, 2.75) is 26.7 Å². The molecule has 2 aromatic carbocycles. The third-order valence-corrected chi connectivity index (χ3v) is 5.85. The summed E-state index contributed by atoms with van der Waals surface area (Å²) in [5.74, 6) is 1.48. The first-order valence-electron chi connectivity index (χ1n) is 10.3. The minimum absolute atomic E-state index is 0.00595. The Labute approximate surface area is 178 Å². The molecule has 1 heterocycles. The predicted molar refractivity (Wildman–Crippen MR) is 116 cm³/mol. The number of piperidine rings is 1. The quantitative estimate of drug-likeness (QED) is 0.790. The van der Waals surface area contributed by atoms with Gasteiger partial charge in [0.05, 0.1) is 14.2 Å². The first kappa shape index (κ1) is 21.7. The summed E-state index contributed by atoms with van der Waals surface area (Å²) in [7, 11) is 3.13. The van der Waals surface area contributed by atoms with Gasteiger partial charge in [-0.1, -0.05) is 6.07 Å². The Hall–Kier alpha value is -3.02. The monoisotopic (exact) mass is 410 g/mol. The standard InChI is InChI=1S/C24H30N2O4/c1-16-5-6-19(13-17(16)2)23(27)25-15-18-9-11-26(12-10-18)24(28)20-7-8-21(29-3)22(14-20)30-4/h5-8,13-14,18H,9-12,15H2,1-4H3,(H,25,27). The molecule has 0 radical (unpaired) electrons. The van der Waals surface area contributed by atoms with Gasteiger partial charge in [0, 0.05) is 30.8 Å². The minimum atomic E-state index is -0.0399. The summed E-state index contributed by atoms with van der Waals surface area (Å²) in [6, 6.07) is 11.0. The number of benzene rings is 2. The highest BCUT2D eigenvalue weighted by atomic mass is 16.5. The summed E-state index contributed by atoms with van der Waals surface area (Å²) in [6.45, 7) is 6.03. The molecule has 2 aromatic rings. The fourth-order valence-corrected chi connectivity index (χ4v) is 3.71. The number of carbonyl (C=O) groups is 2. The fraction of sp³-hybridized carbons (Fsp3) is 0.417. The highest BCUT2D eigenvalue weighted by molar-refractivity contribution is 5.95. The number of nitrogens with zero attached hydrogens (tertiary/aromatic N) is 1. The van der Waals surface area contributed by atoms with Crippen molar-refractivity contribution in [2.75, 3.05) is 33.9 Å². The lowest BCUT2D eigenvalue weighted by Gasteiger charge is -2.32.